The molecule has 60 heavy (non-hydrogen) atoms. The quantitative estimate of drug-likeness (QED) is 0.174. The summed E-state index contributed by atoms with van der Waals surface area (Å²) in [6, 6.07) is 70.6. The number of hydrogen-bond acceptors (Lipinski definition) is 3. The zero-order valence-corrected chi connectivity index (χ0v) is 34.1. The number of hydrogen-bond donors (Lipinski definition) is 0. The highest BCUT2D eigenvalue weighted by atomic mass is 32.1. The van der Waals surface area contributed by atoms with E-state index in [2.05, 4.69) is 202 Å². The van der Waals surface area contributed by atoms with Crippen LogP contribution in [0.4, 0.5) is 0 Å². The summed E-state index contributed by atoms with van der Waals surface area (Å²) >= 11 is 1.86. The summed E-state index contributed by atoms with van der Waals surface area (Å²) < 4.78 is 2.62. The third kappa shape index (κ3) is 5.40. The van der Waals surface area contributed by atoms with Gasteiger partial charge in [-0.05, 0) is 96.4 Å². The van der Waals surface area contributed by atoms with Crippen molar-refractivity contribution in [3.63, 3.8) is 0 Å². The molecule has 0 radical (unpaired) electrons. The lowest BCUT2D eigenvalue weighted by atomic mass is 9.81. The Morgan fingerprint density at radius 3 is 1.82 bits per heavy atom. The minimum atomic E-state index is -0.116. The molecule has 282 valence electrons. The number of benzene rings is 9. The van der Waals surface area contributed by atoms with Crippen molar-refractivity contribution in [3.05, 3.63) is 205 Å². The number of rotatable bonds is 5. The van der Waals surface area contributed by atoms with Crippen molar-refractivity contribution in [2.75, 3.05) is 0 Å². The molecule has 0 N–H and O–H groups in total. The molecule has 0 saturated heterocycles. The van der Waals surface area contributed by atoms with Crippen LogP contribution in [0.5, 0.6) is 0 Å². The molecular formula is C57H38N2S. The minimum Gasteiger partial charge on any atom is -0.228 e. The molecule has 1 aliphatic carbocycles. The predicted molar refractivity (Wildman–Crippen MR) is 255 cm³/mol. The van der Waals surface area contributed by atoms with Crippen LogP contribution in [0.2, 0.25) is 0 Å². The zero-order valence-electron chi connectivity index (χ0n) is 33.3. The van der Waals surface area contributed by atoms with Gasteiger partial charge in [0.25, 0.3) is 0 Å². The van der Waals surface area contributed by atoms with Gasteiger partial charge in [0.2, 0.25) is 0 Å². The van der Waals surface area contributed by atoms with Crippen LogP contribution >= 0.6 is 11.3 Å². The molecule has 0 amide bonds. The van der Waals surface area contributed by atoms with Crippen LogP contribution in [0.15, 0.2) is 194 Å². The van der Waals surface area contributed by atoms with Gasteiger partial charge in [0.05, 0.1) is 11.4 Å². The van der Waals surface area contributed by atoms with Gasteiger partial charge in [-0.3, -0.25) is 0 Å². The van der Waals surface area contributed by atoms with Crippen LogP contribution in [0.3, 0.4) is 0 Å². The number of thiophene rings is 1. The maximum atomic E-state index is 5.30. The Morgan fingerprint density at radius 1 is 0.383 bits per heavy atom. The lowest BCUT2D eigenvalue weighted by Crippen LogP contribution is -2.14. The fourth-order valence-electron chi connectivity index (χ4n) is 9.74. The molecule has 0 fully saturated rings. The van der Waals surface area contributed by atoms with Crippen LogP contribution < -0.4 is 0 Å². The SMILES string of the molecule is CC1(C)c2cc3ccccc3cc2-c2c(-c3ccc(-c4cc(-c5ccc(-c6cccc7sc8ccccc8c67)cc5)nc(-c5ccccc5)n4)c4ccccc34)cccc21. The van der Waals surface area contributed by atoms with Crippen LogP contribution in [0.1, 0.15) is 25.0 Å². The molecule has 0 bridgehead atoms. The van der Waals surface area contributed by atoms with E-state index in [1.807, 2.05) is 17.4 Å². The van der Waals surface area contributed by atoms with Gasteiger partial charge < -0.3 is 0 Å². The summed E-state index contributed by atoms with van der Waals surface area (Å²) in [7, 11) is 0. The monoisotopic (exact) mass is 782 g/mol. The van der Waals surface area contributed by atoms with Crippen molar-refractivity contribution in [1.29, 1.82) is 0 Å². The van der Waals surface area contributed by atoms with Gasteiger partial charge in [0.1, 0.15) is 0 Å². The van der Waals surface area contributed by atoms with E-state index in [0.29, 0.717) is 5.82 Å². The molecular weight excluding hydrogens is 745 g/mol. The van der Waals surface area contributed by atoms with Gasteiger partial charge in [-0.25, -0.2) is 9.97 Å². The molecule has 11 aromatic rings. The number of fused-ring (bicyclic) bond motifs is 8. The Balaban J connectivity index is 1.01. The highest BCUT2D eigenvalue weighted by Gasteiger charge is 2.37. The maximum absolute atomic E-state index is 5.30. The van der Waals surface area contributed by atoms with Crippen molar-refractivity contribution in [2.24, 2.45) is 0 Å². The van der Waals surface area contributed by atoms with Crippen LogP contribution in [0.25, 0.3) is 109 Å². The van der Waals surface area contributed by atoms with Crippen molar-refractivity contribution in [3.8, 4) is 67.3 Å². The molecule has 0 atom stereocenters. The van der Waals surface area contributed by atoms with Gasteiger partial charge in [0.15, 0.2) is 5.82 Å². The fraction of sp³-hybridized carbons (Fsp3) is 0.0526. The highest BCUT2D eigenvalue weighted by molar-refractivity contribution is 7.25. The molecule has 9 aromatic carbocycles. The summed E-state index contributed by atoms with van der Waals surface area (Å²) in [4.78, 5) is 10.5. The summed E-state index contributed by atoms with van der Waals surface area (Å²) in [6.07, 6.45) is 0. The lowest BCUT2D eigenvalue weighted by Gasteiger charge is -2.22. The molecule has 2 heterocycles. The molecule has 2 aromatic heterocycles. The van der Waals surface area contributed by atoms with E-state index in [1.54, 1.807) is 0 Å². The average molecular weight is 783 g/mol. The zero-order chi connectivity index (χ0) is 40.0. The largest absolute Gasteiger partial charge is 0.228 e. The molecule has 12 rings (SSSR count). The van der Waals surface area contributed by atoms with Gasteiger partial charge >= 0.3 is 0 Å². The molecule has 0 spiro atoms. The topological polar surface area (TPSA) is 25.8 Å². The van der Waals surface area contributed by atoms with E-state index >= 15 is 0 Å². The fourth-order valence-corrected chi connectivity index (χ4v) is 10.9. The van der Waals surface area contributed by atoms with Crippen molar-refractivity contribution in [2.45, 2.75) is 19.3 Å². The highest BCUT2D eigenvalue weighted by Crippen LogP contribution is 2.54. The number of aromatic nitrogens is 2. The van der Waals surface area contributed by atoms with E-state index in [4.69, 9.17) is 9.97 Å². The summed E-state index contributed by atoms with van der Waals surface area (Å²) in [5.41, 5.74) is 15.2. The first kappa shape index (κ1) is 34.8. The van der Waals surface area contributed by atoms with Crippen molar-refractivity contribution >= 4 is 53.1 Å². The first-order valence-corrected chi connectivity index (χ1v) is 21.5. The normalized spacial score (nSPS) is 13.0. The van der Waals surface area contributed by atoms with E-state index in [9.17, 15) is 0 Å². The van der Waals surface area contributed by atoms with Crippen molar-refractivity contribution < 1.29 is 0 Å². The molecule has 0 unspecified atom stereocenters. The minimum absolute atomic E-state index is 0.116. The first-order chi connectivity index (χ1) is 29.5. The Hall–Kier alpha value is -7.20. The third-order valence-corrected chi connectivity index (χ3v) is 13.8. The smallest absolute Gasteiger partial charge is 0.160 e. The molecule has 0 aliphatic heterocycles. The second-order valence-corrected chi connectivity index (χ2v) is 17.6. The summed E-state index contributed by atoms with van der Waals surface area (Å²) in [6.45, 7) is 4.74. The van der Waals surface area contributed by atoms with Crippen LogP contribution in [-0.4, -0.2) is 9.97 Å². The Morgan fingerprint density at radius 2 is 1.00 bits per heavy atom. The Labute approximate surface area is 353 Å². The summed E-state index contributed by atoms with van der Waals surface area (Å²) in [5.74, 6) is 0.710. The molecule has 2 nitrogen and oxygen atoms in total. The third-order valence-electron chi connectivity index (χ3n) is 12.7. The van der Waals surface area contributed by atoms with E-state index < -0.39 is 0 Å². The first-order valence-electron chi connectivity index (χ1n) is 20.6. The number of nitrogens with zero attached hydrogens (tertiary/aromatic N) is 2. The van der Waals surface area contributed by atoms with Gasteiger partial charge in [-0.1, -0.05) is 178 Å². The lowest BCUT2D eigenvalue weighted by molar-refractivity contribution is 0.661. The van der Waals surface area contributed by atoms with Gasteiger partial charge in [-0.15, -0.1) is 11.3 Å². The standard InChI is InChI=1S/C57H38N2S/c1-57(2)48-23-12-22-45(54(48)47-32-38-16-6-7-17-39(38)33-49(47)57)43-30-31-44(42-19-9-8-18-41(42)43)51-34-50(58-56(59-51)37-14-4-3-5-15-37)36-28-26-35(27-29-36)40-21-13-25-53-55(40)46-20-10-11-24-52(46)60-53/h3-34H,1-2H3. The van der Waals surface area contributed by atoms with Crippen LogP contribution in [0, 0.1) is 0 Å². The second kappa shape index (κ2) is 13.4. The van der Waals surface area contributed by atoms with E-state index in [1.165, 1.54) is 86.2 Å². The van der Waals surface area contributed by atoms with E-state index in [-0.39, 0.29) is 5.41 Å². The molecule has 3 heteroatoms. The Bertz CT molecular complexity index is 3500. The van der Waals surface area contributed by atoms with Crippen LogP contribution in [-0.2, 0) is 5.41 Å². The molecule has 1 aliphatic rings. The predicted octanol–water partition coefficient (Wildman–Crippen LogP) is 15.8. The molecule has 0 saturated carbocycles. The van der Waals surface area contributed by atoms with Crippen molar-refractivity contribution in [1.82, 2.24) is 9.97 Å². The summed E-state index contributed by atoms with van der Waals surface area (Å²) in [5, 5.41) is 7.55. The van der Waals surface area contributed by atoms with Gasteiger partial charge in [0, 0.05) is 42.3 Å². The second-order valence-electron chi connectivity index (χ2n) is 16.5. The Kier molecular flexibility index (Phi) is 7.79. The maximum Gasteiger partial charge on any atom is 0.160 e. The average Bonchev–Trinajstić information content (AvgIpc) is 3.80. The van der Waals surface area contributed by atoms with Gasteiger partial charge in [-0.2, -0.15) is 0 Å². The van der Waals surface area contributed by atoms with E-state index in [0.717, 1.165) is 28.1 Å².